The molecule has 19 heavy (non-hydrogen) atoms. The van der Waals surface area contributed by atoms with Crippen LogP contribution in [0.5, 0.6) is 0 Å². The predicted octanol–water partition coefficient (Wildman–Crippen LogP) is 0.0255. The van der Waals surface area contributed by atoms with Crippen molar-refractivity contribution in [2.75, 3.05) is 0 Å². The lowest BCUT2D eigenvalue weighted by Gasteiger charge is -2.11. The molecule has 2 amide bonds. The summed E-state index contributed by atoms with van der Waals surface area (Å²) in [6.07, 6.45) is 1.50. The maximum Gasteiger partial charge on any atom is 0.247 e. The first kappa shape index (κ1) is 12.7. The van der Waals surface area contributed by atoms with E-state index in [1.165, 1.54) is 6.26 Å². The summed E-state index contributed by atoms with van der Waals surface area (Å²) in [5.74, 6) is -0.675. The lowest BCUT2D eigenvalue weighted by atomic mass is 10.0. The third kappa shape index (κ3) is 2.95. The summed E-state index contributed by atoms with van der Waals surface area (Å²) in [5.41, 5.74) is 10.9. The highest BCUT2D eigenvalue weighted by Gasteiger charge is 2.30. The Bertz CT molecular complexity index is 505. The van der Waals surface area contributed by atoms with E-state index in [4.69, 9.17) is 4.42 Å². The maximum absolute atomic E-state index is 11.7. The SMILES string of the molecule is C=C(NNC(=O)CC1C(=C)NNC1=O)c1ccco1. The van der Waals surface area contributed by atoms with Crippen molar-refractivity contribution in [3.63, 3.8) is 0 Å². The van der Waals surface area contributed by atoms with Gasteiger partial charge in [-0.25, -0.2) is 0 Å². The van der Waals surface area contributed by atoms with E-state index < -0.39 is 5.92 Å². The van der Waals surface area contributed by atoms with Crippen molar-refractivity contribution in [3.8, 4) is 0 Å². The topological polar surface area (TPSA) is 95.4 Å². The third-order valence-corrected chi connectivity index (χ3v) is 2.64. The van der Waals surface area contributed by atoms with E-state index in [0.717, 1.165) is 0 Å². The fourth-order valence-corrected chi connectivity index (χ4v) is 1.58. The third-order valence-electron chi connectivity index (χ3n) is 2.64. The Balaban J connectivity index is 1.80. The van der Waals surface area contributed by atoms with E-state index in [1.54, 1.807) is 12.1 Å². The Hall–Kier alpha value is -2.70. The van der Waals surface area contributed by atoms with Gasteiger partial charge in [0, 0.05) is 12.1 Å². The smallest absolute Gasteiger partial charge is 0.247 e. The zero-order chi connectivity index (χ0) is 13.8. The van der Waals surface area contributed by atoms with Crippen LogP contribution in [-0.4, -0.2) is 11.8 Å². The number of hydrogen-bond acceptors (Lipinski definition) is 5. The van der Waals surface area contributed by atoms with Crippen LogP contribution in [-0.2, 0) is 9.59 Å². The molecule has 1 aliphatic heterocycles. The van der Waals surface area contributed by atoms with Gasteiger partial charge in [0.25, 0.3) is 0 Å². The second-order valence-electron chi connectivity index (χ2n) is 4.03. The zero-order valence-corrected chi connectivity index (χ0v) is 10.2. The van der Waals surface area contributed by atoms with E-state index in [-0.39, 0.29) is 18.2 Å². The molecule has 4 N–H and O–H groups in total. The molecule has 7 nitrogen and oxygen atoms in total. The van der Waals surface area contributed by atoms with Gasteiger partial charge in [-0.1, -0.05) is 13.2 Å². The minimum absolute atomic E-state index is 0.00387. The van der Waals surface area contributed by atoms with Gasteiger partial charge in [0.1, 0.15) is 0 Å². The van der Waals surface area contributed by atoms with Crippen LogP contribution >= 0.6 is 0 Å². The van der Waals surface area contributed by atoms with Gasteiger partial charge in [-0.05, 0) is 12.1 Å². The number of nitrogens with one attached hydrogen (secondary N) is 4. The summed E-state index contributed by atoms with van der Waals surface area (Å²) in [6.45, 7) is 7.35. The second-order valence-corrected chi connectivity index (χ2v) is 4.03. The number of hydrazine groups is 2. The molecule has 100 valence electrons. The van der Waals surface area contributed by atoms with Gasteiger partial charge in [-0.2, -0.15) is 0 Å². The van der Waals surface area contributed by atoms with Gasteiger partial charge in [-0.3, -0.25) is 25.9 Å². The lowest BCUT2D eigenvalue weighted by molar-refractivity contribution is -0.128. The van der Waals surface area contributed by atoms with Crippen molar-refractivity contribution in [3.05, 3.63) is 43.0 Å². The Kier molecular flexibility index (Phi) is 3.56. The van der Waals surface area contributed by atoms with Crippen LogP contribution in [0.4, 0.5) is 0 Å². The number of amides is 2. The molecular formula is C12H14N4O3. The monoisotopic (exact) mass is 262 g/mol. The van der Waals surface area contributed by atoms with Crippen LogP contribution in [0.25, 0.3) is 5.70 Å². The Morgan fingerprint density at radius 3 is 2.79 bits per heavy atom. The number of furan rings is 1. The summed E-state index contributed by atoms with van der Waals surface area (Å²) >= 11 is 0. The number of hydrogen-bond donors (Lipinski definition) is 4. The lowest BCUT2D eigenvalue weighted by Crippen LogP contribution is -2.37. The Morgan fingerprint density at radius 2 is 2.21 bits per heavy atom. The minimum Gasteiger partial charge on any atom is -0.463 e. The largest absolute Gasteiger partial charge is 0.463 e. The highest BCUT2D eigenvalue weighted by molar-refractivity contribution is 5.89. The van der Waals surface area contributed by atoms with Gasteiger partial charge in [-0.15, -0.1) is 0 Å². The molecule has 0 bridgehead atoms. The van der Waals surface area contributed by atoms with Crippen molar-refractivity contribution >= 4 is 17.5 Å². The Labute approximate surface area is 109 Å². The second kappa shape index (κ2) is 5.30. The average molecular weight is 262 g/mol. The molecule has 0 radical (unpaired) electrons. The van der Waals surface area contributed by atoms with E-state index in [2.05, 4.69) is 34.9 Å². The standard InChI is InChI=1S/C12H14N4O3/c1-7-9(12(18)16-13-7)6-11(17)15-14-8(2)10-4-3-5-19-10/h3-5,9,13-14H,1-2,6H2,(H,15,17)(H,16,18). The molecule has 7 heteroatoms. The van der Waals surface area contributed by atoms with Crippen LogP contribution in [0.15, 0.2) is 41.7 Å². The molecule has 1 atom stereocenters. The van der Waals surface area contributed by atoms with Gasteiger partial charge in [0.15, 0.2) is 5.76 Å². The molecule has 0 aromatic carbocycles. The first-order valence-corrected chi connectivity index (χ1v) is 5.60. The van der Waals surface area contributed by atoms with E-state index in [1.807, 2.05) is 0 Å². The molecule has 2 rings (SSSR count). The number of carbonyl (C=O) groups is 2. The normalized spacial score (nSPS) is 17.6. The first-order chi connectivity index (χ1) is 9.08. The number of rotatable bonds is 5. The molecule has 0 saturated carbocycles. The van der Waals surface area contributed by atoms with Gasteiger partial charge < -0.3 is 9.84 Å². The van der Waals surface area contributed by atoms with Crippen LogP contribution < -0.4 is 21.7 Å². The molecular weight excluding hydrogens is 248 g/mol. The van der Waals surface area contributed by atoms with Crippen molar-refractivity contribution in [1.29, 1.82) is 0 Å². The average Bonchev–Trinajstić information content (AvgIpc) is 3.01. The zero-order valence-electron chi connectivity index (χ0n) is 10.2. The quantitative estimate of drug-likeness (QED) is 0.561. The molecule has 0 aliphatic carbocycles. The van der Waals surface area contributed by atoms with Gasteiger partial charge in [0.2, 0.25) is 11.8 Å². The number of carbonyl (C=O) groups excluding carboxylic acids is 2. The molecule has 1 fully saturated rings. The summed E-state index contributed by atoms with van der Waals surface area (Å²) in [7, 11) is 0. The molecule has 1 unspecified atom stereocenters. The molecule has 1 aromatic heterocycles. The summed E-state index contributed by atoms with van der Waals surface area (Å²) in [5, 5.41) is 0. The fourth-order valence-electron chi connectivity index (χ4n) is 1.58. The maximum atomic E-state index is 11.7. The van der Waals surface area contributed by atoms with Crippen LogP contribution in [0, 0.1) is 5.92 Å². The molecule has 2 heterocycles. The van der Waals surface area contributed by atoms with Crippen molar-refractivity contribution in [2.45, 2.75) is 6.42 Å². The van der Waals surface area contributed by atoms with E-state index in [9.17, 15) is 9.59 Å². The van der Waals surface area contributed by atoms with Crippen LogP contribution in [0.1, 0.15) is 12.2 Å². The summed E-state index contributed by atoms with van der Waals surface area (Å²) in [6, 6.07) is 3.42. The van der Waals surface area contributed by atoms with Crippen LogP contribution in [0.2, 0.25) is 0 Å². The molecule has 1 aromatic rings. The highest BCUT2D eigenvalue weighted by atomic mass is 16.3. The highest BCUT2D eigenvalue weighted by Crippen LogP contribution is 2.15. The van der Waals surface area contributed by atoms with Crippen molar-refractivity contribution in [2.24, 2.45) is 5.92 Å². The van der Waals surface area contributed by atoms with Crippen molar-refractivity contribution < 1.29 is 14.0 Å². The van der Waals surface area contributed by atoms with Crippen molar-refractivity contribution in [1.82, 2.24) is 21.7 Å². The molecule has 1 saturated heterocycles. The van der Waals surface area contributed by atoms with Crippen LogP contribution in [0.3, 0.4) is 0 Å². The first-order valence-electron chi connectivity index (χ1n) is 5.60. The summed E-state index contributed by atoms with van der Waals surface area (Å²) < 4.78 is 5.09. The summed E-state index contributed by atoms with van der Waals surface area (Å²) in [4.78, 5) is 23.0. The Morgan fingerprint density at radius 1 is 1.42 bits per heavy atom. The van der Waals surface area contributed by atoms with E-state index in [0.29, 0.717) is 17.2 Å². The minimum atomic E-state index is -0.571. The predicted molar refractivity (Wildman–Crippen MR) is 67.5 cm³/mol. The molecule has 1 aliphatic rings. The van der Waals surface area contributed by atoms with Gasteiger partial charge >= 0.3 is 0 Å². The van der Waals surface area contributed by atoms with Gasteiger partial charge in [0.05, 0.1) is 17.9 Å². The van der Waals surface area contributed by atoms with E-state index >= 15 is 0 Å². The molecule has 0 spiro atoms. The fraction of sp³-hybridized carbons (Fsp3) is 0.167.